The van der Waals surface area contributed by atoms with Crippen LogP contribution in [0.5, 0.6) is 0 Å². The number of aromatic nitrogens is 2. The van der Waals surface area contributed by atoms with Gasteiger partial charge in [-0.1, -0.05) is 20.8 Å². The summed E-state index contributed by atoms with van der Waals surface area (Å²) < 4.78 is 2.01. The highest BCUT2D eigenvalue weighted by atomic mass is 15.3. The molecule has 1 rings (SSSR count). The van der Waals surface area contributed by atoms with Crippen LogP contribution in [0.4, 0.5) is 0 Å². The van der Waals surface area contributed by atoms with Gasteiger partial charge in [0, 0.05) is 19.3 Å². The van der Waals surface area contributed by atoms with Crippen LogP contribution < -0.4 is 5.32 Å². The average Bonchev–Trinajstić information content (AvgIpc) is 2.82. The molecule has 1 aromatic rings. The first-order valence-corrected chi connectivity index (χ1v) is 6.91. The fourth-order valence-electron chi connectivity index (χ4n) is 2.31. The number of hydrogen-bond donors (Lipinski definition) is 1. The van der Waals surface area contributed by atoms with Crippen LogP contribution in [0.2, 0.25) is 0 Å². The molecule has 0 amide bonds. The summed E-state index contributed by atoms with van der Waals surface area (Å²) in [5.74, 6) is 0. The Morgan fingerprint density at radius 1 is 1.24 bits per heavy atom. The van der Waals surface area contributed by atoms with E-state index >= 15 is 0 Å². The Balaban J connectivity index is 2.70. The van der Waals surface area contributed by atoms with E-state index in [2.05, 4.69) is 44.3 Å². The lowest BCUT2D eigenvalue weighted by atomic mass is 9.77. The lowest BCUT2D eigenvalue weighted by molar-refractivity contribution is 0.248. The van der Waals surface area contributed by atoms with Crippen LogP contribution >= 0.6 is 0 Å². The third-order valence-corrected chi connectivity index (χ3v) is 3.84. The van der Waals surface area contributed by atoms with E-state index in [1.165, 1.54) is 18.4 Å². The number of nitrogens with zero attached hydrogens (tertiary/aromatic N) is 2. The van der Waals surface area contributed by atoms with Crippen molar-refractivity contribution >= 4 is 0 Å². The van der Waals surface area contributed by atoms with Crippen molar-refractivity contribution in [2.45, 2.75) is 53.5 Å². The van der Waals surface area contributed by atoms with E-state index in [-0.39, 0.29) is 0 Å². The molecule has 0 saturated heterocycles. The molecule has 0 aromatic carbocycles. The van der Waals surface area contributed by atoms with E-state index in [1.807, 2.05) is 10.9 Å². The molecule has 0 aliphatic rings. The topological polar surface area (TPSA) is 29.9 Å². The van der Waals surface area contributed by atoms with Gasteiger partial charge in [-0.25, -0.2) is 0 Å². The standard InChI is InChI=1S/C14H27N3/c1-5-14(6-2,12-15-7-3)9-13-10-16-17(8-4)11-13/h10-11,15H,5-9,12H2,1-4H3. The Labute approximate surface area is 106 Å². The summed E-state index contributed by atoms with van der Waals surface area (Å²) in [6.45, 7) is 12.0. The van der Waals surface area contributed by atoms with Crippen LogP contribution in [-0.4, -0.2) is 22.9 Å². The fraction of sp³-hybridized carbons (Fsp3) is 0.786. The molecule has 0 aliphatic heterocycles. The van der Waals surface area contributed by atoms with E-state index in [0.717, 1.165) is 26.1 Å². The minimum Gasteiger partial charge on any atom is -0.316 e. The minimum absolute atomic E-state index is 0.387. The van der Waals surface area contributed by atoms with Gasteiger partial charge >= 0.3 is 0 Å². The molecule has 98 valence electrons. The van der Waals surface area contributed by atoms with Gasteiger partial charge in [0.2, 0.25) is 0 Å². The molecule has 0 aliphatic carbocycles. The molecule has 0 spiro atoms. The third-order valence-electron chi connectivity index (χ3n) is 3.84. The fourth-order valence-corrected chi connectivity index (χ4v) is 2.31. The maximum absolute atomic E-state index is 4.36. The number of hydrogen-bond acceptors (Lipinski definition) is 2. The van der Waals surface area contributed by atoms with Gasteiger partial charge in [-0.3, -0.25) is 4.68 Å². The van der Waals surface area contributed by atoms with Crippen LogP contribution in [0.3, 0.4) is 0 Å². The second-order valence-electron chi connectivity index (χ2n) is 4.87. The van der Waals surface area contributed by atoms with Gasteiger partial charge in [0.25, 0.3) is 0 Å². The Morgan fingerprint density at radius 3 is 2.41 bits per heavy atom. The number of rotatable bonds is 8. The van der Waals surface area contributed by atoms with Crippen molar-refractivity contribution in [3.05, 3.63) is 18.0 Å². The van der Waals surface area contributed by atoms with E-state index in [1.54, 1.807) is 0 Å². The normalized spacial score (nSPS) is 12.0. The predicted molar refractivity (Wildman–Crippen MR) is 73.2 cm³/mol. The molecular weight excluding hydrogens is 210 g/mol. The highest BCUT2D eigenvalue weighted by molar-refractivity contribution is 5.08. The van der Waals surface area contributed by atoms with E-state index in [9.17, 15) is 0 Å². The summed E-state index contributed by atoms with van der Waals surface area (Å²) in [5, 5.41) is 7.87. The molecule has 0 saturated carbocycles. The van der Waals surface area contributed by atoms with Gasteiger partial charge in [0.05, 0.1) is 6.20 Å². The average molecular weight is 237 g/mol. The molecular formula is C14H27N3. The first-order chi connectivity index (χ1) is 8.19. The first kappa shape index (κ1) is 14.2. The predicted octanol–water partition coefficient (Wildman–Crippen LogP) is 2.86. The Bertz CT molecular complexity index is 313. The number of nitrogens with one attached hydrogen (secondary N) is 1. The van der Waals surface area contributed by atoms with E-state index in [0.29, 0.717) is 5.41 Å². The maximum atomic E-state index is 4.36. The number of aryl methyl sites for hydroxylation is 1. The van der Waals surface area contributed by atoms with E-state index < -0.39 is 0 Å². The van der Waals surface area contributed by atoms with Crippen LogP contribution in [0, 0.1) is 5.41 Å². The summed E-state index contributed by atoms with van der Waals surface area (Å²) in [6.07, 6.45) is 7.77. The van der Waals surface area contributed by atoms with Crippen molar-refractivity contribution in [1.29, 1.82) is 0 Å². The van der Waals surface area contributed by atoms with Crippen molar-refractivity contribution in [2.24, 2.45) is 5.41 Å². The van der Waals surface area contributed by atoms with Gasteiger partial charge in [0.15, 0.2) is 0 Å². The Morgan fingerprint density at radius 2 is 1.94 bits per heavy atom. The second-order valence-corrected chi connectivity index (χ2v) is 4.87. The van der Waals surface area contributed by atoms with Gasteiger partial charge in [-0.15, -0.1) is 0 Å². The van der Waals surface area contributed by atoms with Crippen LogP contribution in [0.15, 0.2) is 12.4 Å². The molecule has 0 unspecified atom stereocenters. The minimum atomic E-state index is 0.387. The van der Waals surface area contributed by atoms with Gasteiger partial charge in [-0.2, -0.15) is 5.10 Å². The van der Waals surface area contributed by atoms with Crippen molar-refractivity contribution in [1.82, 2.24) is 15.1 Å². The van der Waals surface area contributed by atoms with Gasteiger partial charge < -0.3 is 5.32 Å². The third kappa shape index (κ3) is 3.84. The molecule has 1 aromatic heterocycles. The van der Waals surface area contributed by atoms with Crippen LogP contribution in [0.25, 0.3) is 0 Å². The van der Waals surface area contributed by atoms with Crippen molar-refractivity contribution in [3.8, 4) is 0 Å². The maximum Gasteiger partial charge on any atom is 0.0521 e. The summed E-state index contributed by atoms with van der Waals surface area (Å²) in [6, 6.07) is 0. The lowest BCUT2D eigenvalue weighted by Gasteiger charge is -2.31. The zero-order valence-corrected chi connectivity index (χ0v) is 11.8. The smallest absolute Gasteiger partial charge is 0.0521 e. The summed E-state index contributed by atoms with van der Waals surface area (Å²) >= 11 is 0. The molecule has 1 heterocycles. The lowest BCUT2D eigenvalue weighted by Crippen LogP contribution is -2.35. The molecule has 17 heavy (non-hydrogen) atoms. The Hall–Kier alpha value is -0.830. The zero-order chi connectivity index (χ0) is 12.7. The molecule has 0 atom stereocenters. The van der Waals surface area contributed by atoms with Crippen LogP contribution in [-0.2, 0) is 13.0 Å². The van der Waals surface area contributed by atoms with Gasteiger partial charge in [-0.05, 0) is 43.7 Å². The molecule has 3 heteroatoms. The molecule has 0 fully saturated rings. The quantitative estimate of drug-likeness (QED) is 0.753. The highest BCUT2D eigenvalue weighted by Gasteiger charge is 2.26. The second kappa shape index (κ2) is 6.80. The SMILES string of the molecule is CCNCC(CC)(CC)Cc1cnn(CC)c1. The molecule has 0 bridgehead atoms. The summed E-state index contributed by atoms with van der Waals surface area (Å²) in [4.78, 5) is 0. The summed E-state index contributed by atoms with van der Waals surface area (Å²) in [5.41, 5.74) is 1.76. The largest absolute Gasteiger partial charge is 0.316 e. The molecule has 3 nitrogen and oxygen atoms in total. The summed E-state index contributed by atoms with van der Waals surface area (Å²) in [7, 11) is 0. The zero-order valence-electron chi connectivity index (χ0n) is 11.8. The van der Waals surface area contributed by atoms with Gasteiger partial charge in [0.1, 0.15) is 0 Å². The molecule has 0 radical (unpaired) electrons. The Kier molecular flexibility index (Phi) is 5.69. The van der Waals surface area contributed by atoms with E-state index in [4.69, 9.17) is 0 Å². The van der Waals surface area contributed by atoms with Crippen molar-refractivity contribution in [3.63, 3.8) is 0 Å². The van der Waals surface area contributed by atoms with Crippen molar-refractivity contribution in [2.75, 3.05) is 13.1 Å². The van der Waals surface area contributed by atoms with Crippen molar-refractivity contribution < 1.29 is 0 Å². The first-order valence-electron chi connectivity index (χ1n) is 6.91. The van der Waals surface area contributed by atoms with Crippen LogP contribution in [0.1, 0.15) is 46.1 Å². The molecule has 1 N–H and O–H groups in total. The highest BCUT2D eigenvalue weighted by Crippen LogP contribution is 2.30. The monoisotopic (exact) mass is 237 g/mol.